The van der Waals surface area contributed by atoms with Crippen LogP contribution in [0.5, 0.6) is 5.75 Å². The number of amides is 1. The Hall–Kier alpha value is -2.82. The molecule has 1 heterocycles. The molecule has 0 aliphatic carbocycles. The summed E-state index contributed by atoms with van der Waals surface area (Å²) in [5, 5.41) is 3.04. The average Bonchev–Trinajstić information content (AvgIpc) is 3.09. The molecule has 0 spiro atoms. The van der Waals surface area contributed by atoms with Gasteiger partial charge in [0.15, 0.2) is 0 Å². The molecule has 3 rings (SSSR count). The standard InChI is InChI=1S/C27H37N3O2/c1-20-12-10-13-21(2)25(20)32-19-9-8-18-30-23-15-7-6-14-22(23)29-24(30)16-11-17-28-26(31)27(3,4)5/h6-7,10,12-15H,8-9,11,16-19H2,1-5H3,(H,28,31). The van der Waals surface area contributed by atoms with Gasteiger partial charge in [0, 0.05) is 24.9 Å². The van der Waals surface area contributed by atoms with Gasteiger partial charge in [-0.1, -0.05) is 51.1 Å². The molecule has 0 saturated heterocycles. The molecule has 0 saturated carbocycles. The third-order valence-corrected chi connectivity index (χ3v) is 5.71. The summed E-state index contributed by atoms with van der Waals surface area (Å²) in [6.07, 6.45) is 3.74. The van der Waals surface area contributed by atoms with Gasteiger partial charge in [-0.05, 0) is 56.4 Å². The maximum atomic E-state index is 12.1. The summed E-state index contributed by atoms with van der Waals surface area (Å²) in [4.78, 5) is 17.0. The zero-order valence-corrected chi connectivity index (χ0v) is 20.2. The summed E-state index contributed by atoms with van der Waals surface area (Å²) < 4.78 is 8.40. The molecule has 0 atom stereocenters. The van der Waals surface area contributed by atoms with E-state index in [9.17, 15) is 4.79 Å². The number of benzene rings is 2. The molecule has 5 nitrogen and oxygen atoms in total. The van der Waals surface area contributed by atoms with Crippen molar-refractivity contribution in [2.24, 2.45) is 5.41 Å². The Morgan fingerprint density at radius 2 is 1.72 bits per heavy atom. The van der Waals surface area contributed by atoms with Crippen molar-refractivity contribution in [3.8, 4) is 5.75 Å². The third-order valence-electron chi connectivity index (χ3n) is 5.71. The van der Waals surface area contributed by atoms with Gasteiger partial charge in [0.1, 0.15) is 11.6 Å². The first-order chi connectivity index (χ1) is 15.3. The Bertz CT molecular complexity index is 1030. The summed E-state index contributed by atoms with van der Waals surface area (Å²) in [5.41, 5.74) is 4.23. The lowest BCUT2D eigenvalue weighted by molar-refractivity contribution is -0.128. The molecule has 1 amide bonds. The maximum absolute atomic E-state index is 12.1. The van der Waals surface area contributed by atoms with E-state index in [4.69, 9.17) is 9.72 Å². The van der Waals surface area contributed by atoms with E-state index in [2.05, 4.69) is 60.1 Å². The number of rotatable bonds is 10. The van der Waals surface area contributed by atoms with Gasteiger partial charge in [-0.15, -0.1) is 0 Å². The SMILES string of the molecule is Cc1cccc(C)c1OCCCCn1c(CCCNC(=O)C(C)(C)C)nc2ccccc21. The van der Waals surface area contributed by atoms with Crippen molar-refractivity contribution in [2.75, 3.05) is 13.2 Å². The molecule has 0 aliphatic heterocycles. The van der Waals surface area contributed by atoms with Crippen LogP contribution in [-0.2, 0) is 17.8 Å². The van der Waals surface area contributed by atoms with Crippen LogP contribution in [0.2, 0.25) is 0 Å². The minimum atomic E-state index is -0.355. The maximum Gasteiger partial charge on any atom is 0.225 e. The summed E-state index contributed by atoms with van der Waals surface area (Å²) in [6, 6.07) is 14.6. The molecule has 0 unspecified atom stereocenters. The van der Waals surface area contributed by atoms with Gasteiger partial charge in [0.05, 0.1) is 17.6 Å². The fourth-order valence-corrected chi connectivity index (χ4v) is 3.85. The number of imidazole rings is 1. The Morgan fingerprint density at radius 3 is 2.44 bits per heavy atom. The Labute approximate surface area is 192 Å². The highest BCUT2D eigenvalue weighted by Gasteiger charge is 2.20. The Kier molecular flexibility index (Phi) is 7.94. The quantitative estimate of drug-likeness (QED) is 0.421. The molecule has 32 heavy (non-hydrogen) atoms. The molecule has 3 aromatic rings. The van der Waals surface area contributed by atoms with Gasteiger partial charge >= 0.3 is 0 Å². The Balaban J connectivity index is 1.55. The molecular formula is C27H37N3O2. The van der Waals surface area contributed by atoms with Crippen LogP contribution in [0.1, 0.15) is 57.0 Å². The third kappa shape index (κ3) is 6.12. The molecule has 0 bridgehead atoms. The number of nitrogens with one attached hydrogen (secondary N) is 1. The van der Waals surface area contributed by atoms with Crippen LogP contribution in [-0.4, -0.2) is 28.6 Å². The molecule has 1 N–H and O–H groups in total. The first-order valence-electron chi connectivity index (χ1n) is 11.7. The van der Waals surface area contributed by atoms with Crippen LogP contribution in [0.3, 0.4) is 0 Å². The highest BCUT2D eigenvalue weighted by molar-refractivity contribution is 5.81. The monoisotopic (exact) mass is 435 g/mol. The van der Waals surface area contributed by atoms with E-state index < -0.39 is 0 Å². The highest BCUT2D eigenvalue weighted by Crippen LogP contribution is 2.23. The fourth-order valence-electron chi connectivity index (χ4n) is 3.85. The van der Waals surface area contributed by atoms with Crippen LogP contribution in [0, 0.1) is 19.3 Å². The number of unbranched alkanes of at least 4 members (excludes halogenated alkanes) is 1. The number of ether oxygens (including phenoxy) is 1. The van der Waals surface area contributed by atoms with Gasteiger partial charge in [-0.3, -0.25) is 4.79 Å². The number of aryl methyl sites for hydroxylation is 4. The molecule has 172 valence electrons. The van der Waals surface area contributed by atoms with Crippen molar-refractivity contribution in [2.45, 2.75) is 66.8 Å². The molecule has 0 fully saturated rings. The highest BCUT2D eigenvalue weighted by atomic mass is 16.5. The number of para-hydroxylation sites is 3. The second-order valence-electron chi connectivity index (χ2n) is 9.55. The molecule has 5 heteroatoms. The average molecular weight is 436 g/mol. The lowest BCUT2D eigenvalue weighted by atomic mass is 9.96. The second-order valence-corrected chi connectivity index (χ2v) is 9.55. The topological polar surface area (TPSA) is 56.1 Å². The molecule has 0 radical (unpaired) electrons. The van der Waals surface area contributed by atoms with Crippen molar-refractivity contribution in [3.05, 3.63) is 59.4 Å². The summed E-state index contributed by atoms with van der Waals surface area (Å²) in [6.45, 7) is 12.3. The predicted octanol–water partition coefficient (Wildman–Crippen LogP) is 5.61. The van der Waals surface area contributed by atoms with Gasteiger partial charge in [-0.25, -0.2) is 4.98 Å². The summed E-state index contributed by atoms with van der Waals surface area (Å²) >= 11 is 0. The lowest BCUT2D eigenvalue weighted by Crippen LogP contribution is -2.35. The largest absolute Gasteiger partial charge is 0.493 e. The first-order valence-corrected chi connectivity index (χ1v) is 11.7. The molecule has 0 aliphatic rings. The zero-order chi connectivity index (χ0) is 23.1. The van der Waals surface area contributed by atoms with E-state index in [1.165, 1.54) is 16.6 Å². The number of fused-ring (bicyclic) bond motifs is 1. The smallest absolute Gasteiger partial charge is 0.225 e. The first kappa shape index (κ1) is 23.8. The van der Waals surface area contributed by atoms with Gasteiger partial charge < -0.3 is 14.6 Å². The van der Waals surface area contributed by atoms with E-state index in [1.807, 2.05) is 26.8 Å². The van der Waals surface area contributed by atoms with Crippen LogP contribution in [0.15, 0.2) is 42.5 Å². The van der Waals surface area contributed by atoms with Crippen LogP contribution < -0.4 is 10.1 Å². The van der Waals surface area contributed by atoms with Crippen molar-refractivity contribution in [1.29, 1.82) is 0 Å². The Morgan fingerprint density at radius 1 is 1.00 bits per heavy atom. The number of nitrogens with zero attached hydrogens (tertiary/aromatic N) is 2. The van der Waals surface area contributed by atoms with Crippen LogP contribution in [0.25, 0.3) is 11.0 Å². The molecule has 2 aromatic carbocycles. The molecule has 1 aromatic heterocycles. The summed E-state index contributed by atoms with van der Waals surface area (Å²) in [5.74, 6) is 2.19. The minimum Gasteiger partial charge on any atom is -0.493 e. The minimum absolute atomic E-state index is 0.0925. The number of carbonyl (C=O) groups excluding carboxylic acids is 1. The molecular weight excluding hydrogens is 398 g/mol. The van der Waals surface area contributed by atoms with E-state index in [0.717, 1.165) is 49.3 Å². The van der Waals surface area contributed by atoms with E-state index in [1.54, 1.807) is 0 Å². The number of aromatic nitrogens is 2. The van der Waals surface area contributed by atoms with Crippen molar-refractivity contribution >= 4 is 16.9 Å². The number of carbonyl (C=O) groups is 1. The van der Waals surface area contributed by atoms with Gasteiger partial charge in [0.2, 0.25) is 5.91 Å². The second kappa shape index (κ2) is 10.7. The predicted molar refractivity (Wildman–Crippen MR) is 131 cm³/mol. The van der Waals surface area contributed by atoms with Crippen LogP contribution in [0.4, 0.5) is 0 Å². The van der Waals surface area contributed by atoms with Crippen molar-refractivity contribution in [1.82, 2.24) is 14.9 Å². The van der Waals surface area contributed by atoms with Crippen molar-refractivity contribution in [3.63, 3.8) is 0 Å². The van der Waals surface area contributed by atoms with Gasteiger partial charge in [-0.2, -0.15) is 0 Å². The summed E-state index contributed by atoms with van der Waals surface area (Å²) in [7, 11) is 0. The lowest BCUT2D eigenvalue weighted by Gasteiger charge is -2.17. The van der Waals surface area contributed by atoms with Crippen molar-refractivity contribution < 1.29 is 9.53 Å². The van der Waals surface area contributed by atoms with Crippen LogP contribution >= 0.6 is 0 Å². The number of hydrogen-bond acceptors (Lipinski definition) is 3. The van der Waals surface area contributed by atoms with E-state index >= 15 is 0 Å². The van der Waals surface area contributed by atoms with Gasteiger partial charge in [0.25, 0.3) is 0 Å². The van der Waals surface area contributed by atoms with E-state index in [-0.39, 0.29) is 11.3 Å². The van der Waals surface area contributed by atoms with E-state index in [0.29, 0.717) is 13.2 Å². The normalized spacial score (nSPS) is 11.7. The number of hydrogen-bond donors (Lipinski definition) is 1. The zero-order valence-electron chi connectivity index (χ0n) is 20.2. The fraction of sp³-hybridized carbons (Fsp3) is 0.481.